The summed E-state index contributed by atoms with van der Waals surface area (Å²) in [5.74, 6) is 1.07. The number of rotatable bonds is 1. The van der Waals surface area contributed by atoms with E-state index in [0.717, 1.165) is 5.82 Å². The smallest absolute Gasteiger partial charge is 0.249 e. The van der Waals surface area contributed by atoms with Gasteiger partial charge in [0.05, 0.1) is 0 Å². The first-order chi connectivity index (χ1) is 20.3. The molecule has 0 saturated heterocycles. The van der Waals surface area contributed by atoms with Crippen LogP contribution in [0.2, 0.25) is 0 Å². The van der Waals surface area contributed by atoms with Crippen LogP contribution in [0.4, 0.5) is 17.2 Å². The Bertz CT molecular complexity index is 1830. The summed E-state index contributed by atoms with van der Waals surface area (Å²) in [5, 5.41) is 0. The zero-order valence-corrected chi connectivity index (χ0v) is 29.0. The van der Waals surface area contributed by atoms with Crippen LogP contribution in [0.3, 0.4) is 0 Å². The second-order valence-corrected chi connectivity index (χ2v) is 17.7. The predicted octanol–water partition coefficient (Wildman–Crippen LogP) is 8.57. The first-order valence-corrected chi connectivity index (χ1v) is 16.6. The maximum Gasteiger partial charge on any atom is 0.249 e. The second-order valence-electron chi connectivity index (χ2n) is 17.7. The first-order valence-electron chi connectivity index (χ1n) is 16.6. The number of pyridine rings is 1. The van der Waals surface area contributed by atoms with Crippen LogP contribution in [0, 0.1) is 0 Å². The number of hydrogen-bond donors (Lipinski definition) is 0. The summed E-state index contributed by atoms with van der Waals surface area (Å²) in [6.07, 6.45) is 3.22. The Hall–Kier alpha value is -3.33. The Morgan fingerprint density at radius 1 is 0.636 bits per heavy atom. The van der Waals surface area contributed by atoms with E-state index in [1.54, 1.807) is 0 Å². The molecule has 0 amide bonds. The van der Waals surface area contributed by atoms with Crippen LogP contribution in [0.15, 0.2) is 66.9 Å². The lowest BCUT2D eigenvalue weighted by molar-refractivity contribution is 0.403. The average molecular weight is 581 g/mol. The molecule has 0 spiro atoms. The van der Waals surface area contributed by atoms with Gasteiger partial charge in [-0.1, -0.05) is 125 Å². The molecule has 0 fully saturated rings. The van der Waals surface area contributed by atoms with Gasteiger partial charge in [-0.15, -0.1) is 0 Å². The van der Waals surface area contributed by atoms with Gasteiger partial charge in [-0.3, -0.25) is 4.90 Å². The fraction of sp³-hybridized carbons (Fsp3) is 0.439. The van der Waals surface area contributed by atoms with Crippen molar-refractivity contribution in [3.63, 3.8) is 0 Å². The van der Waals surface area contributed by atoms with Crippen LogP contribution in [0.5, 0.6) is 0 Å². The van der Waals surface area contributed by atoms with Crippen LogP contribution in [-0.2, 0) is 27.1 Å². The quantitative estimate of drug-likeness (QED) is 0.185. The van der Waals surface area contributed by atoms with Crippen molar-refractivity contribution in [3.05, 3.63) is 100 Å². The van der Waals surface area contributed by atoms with Crippen LogP contribution in [0.25, 0.3) is 0 Å². The highest BCUT2D eigenvalue weighted by atomic mass is 15.2. The topological polar surface area (TPSA) is 16.1 Å². The molecule has 1 aliphatic carbocycles. The van der Waals surface area contributed by atoms with Crippen LogP contribution in [-0.4, -0.2) is 11.7 Å². The second kappa shape index (κ2) is 8.90. The number of hydrogen-bond acceptors (Lipinski definition) is 2. The summed E-state index contributed by atoms with van der Waals surface area (Å²) in [4.78, 5) is 7.64. The molecule has 226 valence electrons. The molecule has 4 aromatic rings. The monoisotopic (exact) mass is 580 g/mol. The molecule has 3 heterocycles. The number of benzene rings is 3. The van der Waals surface area contributed by atoms with Crippen molar-refractivity contribution < 1.29 is 0 Å². The van der Waals surface area contributed by atoms with Gasteiger partial charge in [-0.25, -0.2) is 4.98 Å². The SMILES string of the molecule is CC(C)(C)c1ccc(N2c3ccc(C(C)(C)C)cc3B3c4cc5c(cc4C(C)(C)c4ccnc2c43)C(C)(C)CC5(C)C)cc1. The molecule has 3 aromatic carbocycles. The zero-order chi connectivity index (χ0) is 31.8. The Labute approximate surface area is 266 Å². The van der Waals surface area contributed by atoms with Gasteiger partial charge in [-0.05, 0) is 96.7 Å². The number of anilines is 3. The Balaban J connectivity index is 1.55. The summed E-state index contributed by atoms with van der Waals surface area (Å²) in [5.41, 5.74) is 15.6. The third-order valence-corrected chi connectivity index (χ3v) is 11.1. The van der Waals surface area contributed by atoms with Gasteiger partial charge in [0.15, 0.2) is 0 Å². The molecule has 7 rings (SSSR count). The maximum atomic E-state index is 5.20. The molecule has 0 saturated carbocycles. The van der Waals surface area contributed by atoms with E-state index < -0.39 is 0 Å². The lowest BCUT2D eigenvalue weighted by Gasteiger charge is -2.45. The van der Waals surface area contributed by atoms with Gasteiger partial charge in [0, 0.05) is 23.0 Å². The summed E-state index contributed by atoms with van der Waals surface area (Å²) >= 11 is 0. The Morgan fingerprint density at radius 3 is 1.84 bits per heavy atom. The highest BCUT2D eigenvalue weighted by molar-refractivity contribution is 6.99. The number of fused-ring (bicyclic) bond motifs is 5. The minimum Gasteiger partial charge on any atom is -0.296 e. The van der Waals surface area contributed by atoms with Crippen molar-refractivity contribution in [2.45, 2.75) is 117 Å². The largest absolute Gasteiger partial charge is 0.296 e. The van der Waals surface area contributed by atoms with E-state index in [4.69, 9.17) is 4.98 Å². The van der Waals surface area contributed by atoms with Gasteiger partial charge in [0.2, 0.25) is 6.71 Å². The molecule has 44 heavy (non-hydrogen) atoms. The minimum atomic E-state index is -0.141. The normalized spacial score (nSPS) is 18.8. The minimum absolute atomic E-state index is 0.0486. The Kier molecular flexibility index (Phi) is 5.94. The molecule has 2 nitrogen and oxygen atoms in total. The van der Waals surface area contributed by atoms with Gasteiger partial charge < -0.3 is 0 Å². The lowest BCUT2D eigenvalue weighted by Crippen LogP contribution is -2.64. The first kappa shape index (κ1) is 29.4. The summed E-state index contributed by atoms with van der Waals surface area (Å²) < 4.78 is 0. The van der Waals surface area contributed by atoms with Gasteiger partial charge >= 0.3 is 0 Å². The fourth-order valence-electron chi connectivity index (χ4n) is 8.85. The van der Waals surface area contributed by atoms with E-state index in [1.165, 1.54) is 67.6 Å². The van der Waals surface area contributed by atoms with E-state index in [0.29, 0.717) is 0 Å². The van der Waals surface area contributed by atoms with Crippen LogP contribution < -0.4 is 21.3 Å². The molecular formula is C41H49BN2. The van der Waals surface area contributed by atoms with Crippen molar-refractivity contribution in [3.8, 4) is 0 Å². The number of nitrogens with zero attached hydrogens (tertiary/aromatic N) is 2. The van der Waals surface area contributed by atoms with E-state index in [1.807, 2.05) is 6.20 Å². The van der Waals surface area contributed by atoms with E-state index in [-0.39, 0.29) is 33.8 Å². The molecule has 1 aromatic heterocycles. The fourth-order valence-corrected chi connectivity index (χ4v) is 8.85. The van der Waals surface area contributed by atoms with E-state index in [9.17, 15) is 0 Å². The maximum absolute atomic E-state index is 5.20. The molecule has 0 radical (unpaired) electrons. The summed E-state index contributed by atoms with van der Waals surface area (Å²) in [6, 6.07) is 23.9. The molecule has 0 atom stereocenters. The highest BCUT2D eigenvalue weighted by Gasteiger charge is 2.50. The van der Waals surface area contributed by atoms with E-state index in [2.05, 4.69) is 149 Å². The van der Waals surface area contributed by atoms with Crippen molar-refractivity contribution in [2.75, 3.05) is 4.90 Å². The third kappa shape index (κ3) is 4.10. The van der Waals surface area contributed by atoms with E-state index >= 15 is 0 Å². The lowest BCUT2D eigenvalue weighted by atomic mass is 9.30. The van der Waals surface area contributed by atoms with Gasteiger partial charge in [0.25, 0.3) is 0 Å². The summed E-state index contributed by atoms with van der Waals surface area (Å²) in [7, 11) is 0. The average Bonchev–Trinajstić information content (AvgIpc) is 3.11. The van der Waals surface area contributed by atoms with Crippen LogP contribution >= 0.6 is 0 Å². The van der Waals surface area contributed by atoms with Crippen LogP contribution in [0.1, 0.15) is 123 Å². The summed E-state index contributed by atoms with van der Waals surface area (Å²) in [6.45, 7) is 28.6. The van der Waals surface area contributed by atoms with Crippen molar-refractivity contribution in [2.24, 2.45) is 0 Å². The number of aromatic nitrogens is 1. The molecule has 3 aliphatic rings. The molecule has 0 N–H and O–H groups in total. The van der Waals surface area contributed by atoms with Crippen molar-refractivity contribution >= 4 is 40.3 Å². The zero-order valence-electron chi connectivity index (χ0n) is 29.0. The van der Waals surface area contributed by atoms with Gasteiger partial charge in [-0.2, -0.15) is 0 Å². The molecular weight excluding hydrogens is 531 g/mol. The standard InChI is InChI=1S/C41H49BN2/c1-37(2,3)25-13-16-27(17-14-25)44-34-18-15-26(38(4,5)6)21-33(34)42-32-23-30-29(39(7,8)24-40(30,9)10)22-31(32)41(11,12)28-19-20-43-36(44)35(28)42/h13-23H,24H2,1-12H3. The highest BCUT2D eigenvalue weighted by Crippen LogP contribution is 2.51. The van der Waals surface area contributed by atoms with Crippen molar-refractivity contribution in [1.29, 1.82) is 0 Å². The molecule has 0 bridgehead atoms. The molecule has 2 aliphatic heterocycles. The third-order valence-electron chi connectivity index (χ3n) is 11.1. The Morgan fingerprint density at radius 2 is 1.23 bits per heavy atom. The van der Waals surface area contributed by atoms with Gasteiger partial charge in [0.1, 0.15) is 5.82 Å². The predicted molar refractivity (Wildman–Crippen MR) is 190 cm³/mol. The molecule has 0 unspecified atom stereocenters. The van der Waals surface area contributed by atoms with Crippen molar-refractivity contribution in [1.82, 2.24) is 4.98 Å². The molecule has 3 heteroatoms.